The number of imide groups is 1. The molecule has 33 heavy (non-hydrogen) atoms. The lowest BCUT2D eigenvalue weighted by Crippen LogP contribution is -2.32. The smallest absolute Gasteiger partial charge is 0.278 e. The summed E-state index contributed by atoms with van der Waals surface area (Å²) in [6, 6.07) is 18.4. The summed E-state index contributed by atoms with van der Waals surface area (Å²) in [5, 5.41) is 3.76. The van der Waals surface area contributed by atoms with Gasteiger partial charge in [-0.15, -0.1) is 0 Å². The third kappa shape index (κ3) is 4.76. The summed E-state index contributed by atoms with van der Waals surface area (Å²) in [4.78, 5) is 34.3. The van der Waals surface area contributed by atoms with E-state index in [1.165, 1.54) is 4.90 Å². The van der Waals surface area contributed by atoms with Crippen LogP contribution in [0.5, 0.6) is 0 Å². The molecule has 0 unspecified atom stereocenters. The van der Waals surface area contributed by atoms with Gasteiger partial charge in [-0.1, -0.05) is 29.8 Å². The van der Waals surface area contributed by atoms with Gasteiger partial charge >= 0.3 is 0 Å². The summed E-state index contributed by atoms with van der Waals surface area (Å²) in [5.74, 6) is -0.727. The van der Waals surface area contributed by atoms with E-state index in [0.29, 0.717) is 16.2 Å². The molecule has 1 aromatic heterocycles. The fourth-order valence-electron chi connectivity index (χ4n) is 3.88. The van der Waals surface area contributed by atoms with Gasteiger partial charge in [0.25, 0.3) is 11.8 Å². The highest BCUT2D eigenvalue weighted by atomic mass is 35.5. The third-order valence-corrected chi connectivity index (χ3v) is 5.88. The van der Waals surface area contributed by atoms with Gasteiger partial charge in [-0.25, -0.2) is 0 Å². The number of rotatable bonds is 8. The Kier molecular flexibility index (Phi) is 6.75. The molecule has 0 saturated carbocycles. The van der Waals surface area contributed by atoms with Crippen LogP contribution in [0.1, 0.15) is 25.0 Å². The Morgan fingerprint density at radius 2 is 1.64 bits per heavy atom. The number of carbonyl (C=O) groups excluding carboxylic acids is 2. The van der Waals surface area contributed by atoms with Crippen LogP contribution < -0.4 is 10.2 Å². The van der Waals surface area contributed by atoms with E-state index in [1.807, 2.05) is 30.3 Å². The van der Waals surface area contributed by atoms with Crippen molar-refractivity contribution in [1.29, 1.82) is 0 Å². The van der Waals surface area contributed by atoms with E-state index < -0.39 is 0 Å². The van der Waals surface area contributed by atoms with E-state index in [4.69, 9.17) is 11.6 Å². The molecule has 0 aliphatic carbocycles. The molecule has 1 N–H and O–H groups in total. The van der Waals surface area contributed by atoms with Crippen LogP contribution in [0.3, 0.4) is 0 Å². The van der Waals surface area contributed by atoms with Crippen molar-refractivity contribution in [2.75, 3.05) is 23.3 Å². The highest BCUT2D eigenvalue weighted by Gasteiger charge is 2.39. The number of hydrogen-bond donors (Lipinski definition) is 1. The van der Waals surface area contributed by atoms with Gasteiger partial charge in [-0.3, -0.25) is 19.5 Å². The highest BCUT2D eigenvalue weighted by Crippen LogP contribution is 2.32. The second-order valence-electron chi connectivity index (χ2n) is 7.66. The summed E-state index contributed by atoms with van der Waals surface area (Å²) >= 11 is 6.04. The van der Waals surface area contributed by atoms with Crippen LogP contribution in [0.25, 0.3) is 5.57 Å². The maximum Gasteiger partial charge on any atom is 0.278 e. The van der Waals surface area contributed by atoms with Crippen molar-refractivity contribution >= 4 is 40.4 Å². The lowest BCUT2D eigenvalue weighted by Gasteiger charge is -2.21. The lowest BCUT2D eigenvalue weighted by atomic mass is 10.0. The summed E-state index contributed by atoms with van der Waals surface area (Å²) in [6.07, 6.45) is 3.31. The molecule has 2 heterocycles. The van der Waals surface area contributed by atoms with Crippen molar-refractivity contribution in [3.8, 4) is 0 Å². The van der Waals surface area contributed by atoms with Gasteiger partial charge in [0.05, 0.1) is 12.1 Å². The summed E-state index contributed by atoms with van der Waals surface area (Å²) in [7, 11) is 0. The standard InChI is InChI=1S/C26H25ClN4O2/c1-3-30(4-2)22-13-11-21(12-14-22)29-24-23(19-7-9-20(27)10-8-19)25(32)31(26(24)33)17-18-6-5-15-28-16-18/h5-16,29H,3-4,17H2,1-2H3. The summed E-state index contributed by atoms with van der Waals surface area (Å²) in [6.45, 7) is 6.18. The van der Waals surface area contributed by atoms with Gasteiger partial charge in [0.2, 0.25) is 0 Å². The van der Waals surface area contributed by atoms with Gasteiger partial charge in [0.1, 0.15) is 5.70 Å². The van der Waals surface area contributed by atoms with Gasteiger partial charge in [0.15, 0.2) is 0 Å². The summed E-state index contributed by atoms with van der Waals surface area (Å²) < 4.78 is 0. The average molecular weight is 461 g/mol. The van der Waals surface area contributed by atoms with E-state index in [-0.39, 0.29) is 24.1 Å². The van der Waals surface area contributed by atoms with Crippen LogP contribution in [0.2, 0.25) is 5.02 Å². The molecular weight excluding hydrogens is 436 g/mol. The number of benzene rings is 2. The van der Waals surface area contributed by atoms with Crippen molar-refractivity contribution in [2.45, 2.75) is 20.4 Å². The first kappa shape index (κ1) is 22.6. The minimum absolute atomic E-state index is 0.147. The Labute approximate surface area is 198 Å². The van der Waals surface area contributed by atoms with E-state index >= 15 is 0 Å². The average Bonchev–Trinajstić information content (AvgIpc) is 3.06. The maximum atomic E-state index is 13.4. The molecule has 0 atom stereocenters. The monoisotopic (exact) mass is 460 g/mol. The van der Waals surface area contributed by atoms with Crippen molar-refractivity contribution in [1.82, 2.24) is 9.88 Å². The van der Waals surface area contributed by atoms with E-state index in [9.17, 15) is 9.59 Å². The molecule has 0 spiro atoms. The Balaban J connectivity index is 1.68. The minimum atomic E-state index is -0.373. The molecule has 168 valence electrons. The molecule has 0 bridgehead atoms. The van der Waals surface area contributed by atoms with Crippen LogP contribution in [-0.4, -0.2) is 34.8 Å². The van der Waals surface area contributed by atoms with Gasteiger partial charge in [-0.05, 0) is 67.4 Å². The van der Waals surface area contributed by atoms with Crippen molar-refractivity contribution in [3.63, 3.8) is 0 Å². The molecule has 1 aliphatic rings. The largest absolute Gasteiger partial charge is 0.372 e. The highest BCUT2D eigenvalue weighted by molar-refractivity contribution is 6.36. The van der Waals surface area contributed by atoms with E-state index in [2.05, 4.69) is 29.0 Å². The number of amides is 2. The van der Waals surface area contributed by atoms with Crippen molar-refractivity contribution in [3.05, 3.63) is 94.9 Å². The molecule has 0 saturated heterocycles. The van der Waals surface area contributed by atoms with Crippen molar-refractivity contribution < 1.29 is 9.59 Å². The Bertz CT molecular complexity index is 1170. The quantitative estimate of drug-likeness (QED) is 0.480. The first-order valence-corrected chi connectivity index (χ1v) is 11.3. The molecule has 0 radical (unpaired) electrons. The fourth-order valence-corrected chi connectivity index (χ4v) is 4.01. The Morgan fingerprint density at radius 3 is 2.24 bits per heavy atom. The van der Waals surface area contributed by atoms with Gasteiger partial charge in [-0.2, -0.15) is 0 Å². The van der Waals surface area contributed by atoms with Gasteiger partial charge in [0, 0.05) is 41.9 Å². The number of nitrogens with zero attached hydrogens (tertiary/aromatic N) is 3. The molecule has 3 aromatic rings. The number of halogens is 1. The fraction of sp³-hybridized carbons (Fsp3) is 0.192. The molecular formula is C26H25ClN4O2. The number of anilines is 2. The molecule has 6 nitrogen and oxygen atoms in total. The minimum Gasteiger partial charge on any atom is -0.372 e. The number of carbonyl (C=O) groups is 2. The van der Waals surface area contributed by atoms with Crippen LogP contribution >= 0.6 is 11.6 Å². The number of nitrogens with one attached hydrogen (secondary N) is 1. The second kappa shape index (κ2) is 9.88. The van der Waals surface area contributed by atoms with E-state index in [1.54, 1.807) is 42.7 Å². The number of aromatic nitrogens is 1. The lowest BCUT2D eigenvalue weighted by molar-refractivity contribution is -0.137. The zero-order chi connectivity index (χ0) is 23.4. The Morgan fingerprint density at radius 1 is 0.939 bits per heavy atom. The van der Waals surface area contributed by atoms with Crippen LogP contribution in [0, 0.1) is 0 Å². The maximum absolute atomic E-state index is 13.4. The van der Waals surface area contributed by atoms with Crippen molar-refractivity contribution in [2.24, 2.45) is 0 Å². The van der Waals surface area contributed by atoms with Crippen LogP contribution in [0.4, 0.5) is 11.4 Å². The second-order valence-corrected chi connectivity index (χ2v) is 8.10. The molecule has 7 heteroatoms. The third-order valence-electron chi connectivity index (χ3n) is 5.63. The zero-order valence-corrected chi connectivity index (χ0v) is 19.3. The zero-order valence-electron chi connectivity index (χ0n) is 18.6. The van der Waals surface area contributed by atoms with E-state index in [0.717, 1.165) is 30.0 Å². The van der Waals surface area contributed by atoms with Crippen LogP contribution in [0.15, 0.2) is 78.8 Å². The summed E-state index contributed by atoms with van der Waals surface area (Å²) in [5.41, 5.74) is 3.82. The molecule has 4 rings (SSSR count). The normalized spacial score (nSPS) is 13.6. The molecule has 2 aromatic carbocycles. The molecule has 2 amide bonds. The Hall–Kier alpha value is -3.64. The molecule has 0 fully saturated rings. The molecule has 1 aliphatic heterocycles. The van der Waals surface area contributed by atoms with Gasteiger partial charge < -0.3 is 10.2 Å². The SMILES string of the molecule is CCN(CC)c1ccc(NC2=C(c3ccc(Cl)cc3)C(=O)N(Cc3cccnc3)C2=O)cc1. The first-order valence-electron chi connectivity index (χ1n) is 10.9. The number of pyridine rings is 1. The topological polar surface area (TPSA) is 65.5 Å². The predicted octanol–water partition coefficient (Wildman–Crippen LogP) is 4.97. The predicted molar refractivity (Wildman–Crippen MR) is 132 cm³/mol. The number of hydrogen-bond acceptors (Lipinski definition) is 5. The van der Waals surface area contributed by atoms with Crippen LogP contribution in [-0.2, 0) is 16.1 Å². The first-order chi connectivity index (χ1) is 16.0.